The highest BCUT2D eigenvalue weighted by molar-refractivity contribution is 7.98. The third-order valence-corrected chi connectivity index (χ3v) is 9.43. The summed E-state index contributed by atoms with van der Waals surface area (Å²) in [6, 6.07) is 8.06. The Labute approximate surface area is 288 Å². The number of nitrogens with two attached hydrogens (primary N) is 2. The molecule has 2 amide bonds. The number of para-hydroxylation sites is 1. The number of likely N-dealkylation sites (N-methyl/N-ethyl adjacent to an activating group) is 1. The second-order valence-corrected chi connectivity index (χ2v) is 13.3. The lowest BCUT2D eigenvalue weighted by Crippen LogP contribution is -2.53. The highest BCUT2D eigenvalue weighted by atomic mass is 35.5. The molecule has 0 bridgehead atoms. The van der Waals surface area contributed by atoms with Crippen LogP contribution in [0.4, 0.5) is 17.1 Å². The number of amidine groups is 1. The molecule has 14 nitrogen and oxygen atoms in total. The van der Waals surface area contributed by atoms with Crippen LogP contribution in [-0.4, -0.2) is 113 Å². The number of nitrogens with one attached hydrogen (secondary N) is 3. The van der Waals surface area contributed by atoms with Gasteiger partial charge in [0.15, 0.2) is 0 Å². The number of anilines is 2. The van der Waals surface area contributed by atoms with Crippen molar-refractivity contribution in [2.45, 2.75) is 49.6 Å². The predicted molar refractivity (Wildman–Crippen MR) is 187 cm³/mol. The first-order valence-electron chi connectivity index (χ1n) is 15.8. The van der Waals surface area contributed by atoms with E-state index in [1.165, 1.54) is 11.8 Å². The van der Waals surface area contributed by atoms with E-state index in [1.807, 2.05) is 36.4 Å². The Morgan fingerprint density at radius 2 is 1.77 bits per heavy atom. The molecule has 3 unspecified atom stereocenters. The minimum Gasteiger partial charge on any atom is -0.480 e. The number of fused-ring (bicyclic) bond motifs is 2. The van der Waals surface area contributed by atoms with Crippen LogP contribution >= 0.6 is 23.4 Å². The molecule has 0 aliphatic carbocycles. The van der Waals surface area contributed by atoms with Gasteiger partial charge in [-0.15, -0.1) is 0 Å². The Balaban J connectivity index is 1.55. The van der Waals surface area contributed by atoms with Crippen molar-refractivity contribution in [3.63, 3.8) is 0 Å². The zero-order chi connectivity index (χ0) is 34.8. The highest BCUT2D eigenvalue weighted by Crippen LogP contribution is 2.40. The van der Waals surface area contributed by atoms with Crippen molar-refractivity contribution >= 4 is 70.0 Å². The SMILES string of the molecule is CN1CCN(C2=Nc3cc(Cl)cc(CSCC(NC(=O)CCC(N)C(=O)O)C(=O)NC(CCCN)C(=O)O)c3Nc3ccccc32)CC1. The quantitative estimate of drug-likeness (QED) is 0.142. The molecule has 0 saturated carbocycles. The molecule has 16 heteroatoms. The number of piperazine rings is 1. The van der Waals surface area contributed by atoms with E-state index in [1.54, 1.807) is 0 Å². The van der Waals surface area contributed by atoms with E-state index in [-0.39, 0.29) is 31.6 Å². The predicted octanol–water partition coefficient (Wildman–Crippen LogP) is 1.94. The number of aliphatic imine (C=N–C) groups is 1. The maximum absolute atomic E-state index is 13.3. The molecular weight excluding hydrogens is 660 g/mol. The smallest absolute Gasteiger partial charge is 0.326 e. The zero-order valence-electron chi connectivity index (χ0n) is 26.8. The minimum absolute atomic E-state index is 0.0828. The number of aliphatic carboxylic acids is 2. The third kappa shape index (κ3) is 10.1. The topological polar surface area (TPSA) is 216 Å². The summed E-state index contributed by atoms with van der Waals surface area (Å²) < 4.78 is 0. The zero-order valence-corrected chi connectivity index (χ0v) is 28.4. The number of halogens is 1. The molecule has 0 spiro atoms. The fourth-order valence-corrected chi connectivity index (χ4v) is 6.62. The lowest BCUT2D eigenvalue weighted by molar-refractivity contribution is -0.142. The van der Waals surface area contributed by atoms with Crippen molar-refractivity contribution in [3.05, 3.63) is 52.5 Å². The van der Waals surface area contributed by atoms with Gasteiger partial charge in [0.2, 0.25) is 11.8 Å². The third-order valence-electron chi connectivity index (χ3n) is 8.13. The molecule has 4 rings (SSSR count). The average Bonchev–Trinajstić information content (AvgIpc) is 3.22. The number of amides is 2. The Bertz CT molecular complexity index is 1520. The van der Waals surface area contributed by atoms with Gasteiger partial charge in [-0.1, -0.05) is 23.7 Å². The molecule has 0 aromatic heterocycles. The van der Waals surface area contributed by atoms with Crippen LogP contribution in [0, 0.1) is 0 Å². The fraction of sp³-hybridized carbons (Fsp3) is 0.469. The van der Waals surface area contributed by atoms with Crippen molar-refractivity contribution < 1.29 is 29.4 Å². The molecule has 3 atom stereocenters. The van der Waals surface area contributed by atoms with Crippen LogP contribution in [0.1, 0.15) is 36.8 Å². The van der Waals surface area contributed by atoms with Gasteiger partial charge in [-0.2, -0.15) is 11.8 Å². The van der Waals surface area contributed by atoms with Crippen molar-refractivity contribution in [1.29, 1.82) is 0 Å². The van der Waals surface area contributed by atoms with E-state index >= 15 is 0 Å². The molecule has 260 valence electrons. The van der Waals surface area contributed by atoms with Gasteiger partial charge < -0.3 is 47.4 Å². The first-order chi connectivity index (χ1) is 23.0. The molecule has 1 fully saturated rings. The van der Waals surface area contributed by atoms with Crippen LogP contribution in [0.3, 0.4) is 0 Å². The number of benzene rings is 2. The number of thioether (sulfide) groups is 1. The summed E-state index contributed by atoms with van der Waals surface area (Å²) in [6.45, 7) is 3.74. The number of carboxylic acids is 2. The molecular formula is C32H43ClN8O6S. The Morgan fingerprint density at radius 3 is 2.46 bits per heavy atom. The van der Waals surface area contributed by atoms with Crippen LogP contribution in [0.15, 0.2) is 41.4 Å². The van der Waals surface area contributed by atoms with Crippen molar-refractivity contribution in [2.24, 2.45) is 16.5 Å². The highest BCUT2D eigenvalue weighted by Gasteiger charge is 2.28. The second kappa shape index (κ2) is 17.5. The van der Waals surface area contributed by atoms with Crippen molar-refractivity contribution in [2.75, 3.05) is 50.8 Å². The van der Waals surface area contributed by atoms with Gasteiger partial charge in [0.25, 0.3) is 0 Å². The van der Waals surface area contributed by atoms with Gasteiger partial charge in [-0.25, -0.2) is 9.79 Å². The summed E-state index contributed by atoms with van der Waals surface area (Å²) in [5.41, 5.74) is 15.2. The van der Waals surface area contributed by atoms with Crippen molar-refractivity contribution in [1.82, 2.24) is 20.4 Å². The number of carboxylic acid groups (broad SMARTS) is 2. The molecule has 2 aromatic rings. The summed E-state index contributed by atoms with van der Waals surface area (Å²) in [7, 11) is 2.10. The van der Waals surface area contributed by atoms with E-state index in [9.17, 15) is 24.3 Å². The number of nitrogens with zero attached hydrogens (tertiary/aromatic N) is 3. The van der Waals surface area contributed by atoms with E-state index in [4.69, 9.17) is 33.2 Å². The number of hydrogen-bond acceptors (Lipinski definition) is 11. The van der Waals surface area contributed by atoms with Crippen LogP contribution in [0.2, 0.25) is 5.02 Å². The largest absolute Gasteiger partial charge is 0.480 e. The van der Waals surface area contributed by atoms with Gasteiger partial charge in [0, 0.05) is 60.4 Å². The second-order valence-electron chi connectivity index (χ2n) is 11.8. The monoisotopic (exact) mass is 702 g/mol. The van der Waals surface area contributed by atoms with E-state index in [2.05, 4.69) is 32.8 Å². The summed E-state index contributed by atoms with van der Waals surface area (Å²) in [5.74, 6) is -2.41. The molecule has 9 N–H and O–H groups in total. The lowest BCUT2D eigenvalue weighted by Gasteiger charge is -2.34. The summed E-state index contributed by atoms with van der Waals surface area (Å²) in [6.07, 6.45) is 0.147. The number of rotatable bonds is 15. The van der Waals surface area contributed by atoms with Gasteiger partial charge >= 0.3 is 11.9 Å². The maximum atomic E-state index is 13.3. The summed E-state index contributed by atoms with van der Waals surface area (Å²) >= 11 is 7.95. The van der Waals surface area contributed by atoms with E-state index < -0.39 is 41.9 Å². The molecule has 0 radical (unpaired) electrons. The number of hydrogen-bond donors (Lipinski definition) is 7. The molecule has 2 aliphatic heterocycles. The molecule has 2 heterocycles. The summed E-state index contributed by atoms with van der Waals surface area (Å²) in [4.78, 5) is 58.6. The fourth-order valence-electron chi connectivity index (χ4n) is 5.35. The minimum atomic E-state index is -1.24. The first-order valence-corrected chi connectivity index (χ1v) is 17.3. The van der Waals surface area contributed by atoms with Crippen molar-refractivity contribution in [3.8, 4) is 0 Å². The molecule has 2 aliphatic rings. The van der Waals surface area contributed by atoms with E-state index in [0.29, 0.717) is 22.9 Å². The first kappa shape index (κ1) is 36.9. The van der Waals surface area contributed by atoms with Gasteiger partial charge in [0.1, 0.15) is 24.0 Å². The Hall–Kier alpha value is -3.89. The number of carbonyl (C=O) groups is 4. The Kier molecular flexibility index (Phi) is 13.5. The van der Waals surface area contributed by atoms with Gasteiger partial charge in [-0.05, 0) is 62.7 Å². The molecule has 1 saturated heterocycles. The van der Waals surface area contributed by atoms with Gasteiger partial charge in [-0.3, -0.25) is 14.4 Å². The molecule has 48 heavy (non-hydrogen) atoms. The maximum Gasteiger partial charge on any atom is 0.326 e. The van der Waals surface area contributed by atoms with Gasteiger partial charge in [0.05, 0.1) is 11.4 Å². The standard InChI is InChI=1S/C32H43ClN8O6S/c1-40-11-13-41(14-12-40)29-21-5-2-3-6-23(21)37-28-19(15-20(33)16-25(28)38-29)17-48-18-26(36-27(42)9-8-22(35)31(44)45)30(43)39-24(32(46)47)7-4-10-34/h2-3,5-6,15-16,22,24,26,37H,4,7-14,17-18,34-35H2,1H3,(H,36,42)(H,39,43)(H,44,45)(H,46,47). The Morgan fingerprint density at radius 1 is 1.04 bits per heavy atom. The normalized spacial score (nSPS) is 16.2. The van der Waals surface area contributed by atoms with E-state index in [0.717, 1.165) is 54.5 Å². The average molecular weight is 703 g/mol. The lowest BCUT2D eigenvalue weighted by atomic mass is 10.1. The van der Waals surface area contributed by atoms with Crippen LogP contribution in [0.25, 0.3) is 0 Å². The summed E-state index contributed by atoms with van der Waals surface area (Å²) in [5, 5.41) is 27.9. The number of carbonyl (C=O) groups excluding carboxylic acids is 2. The van der Waals surface area contributed by atoms with Crippen LogP contribution < -0.4 is 27.4 Å². The van der Waals surface area contributed by atoms with Crippen LogP contribution in [0.5, 0.6) is 0 Å². The molecule has 2 aromatic carbocycles. The van der Waals surface area contributed by atoms with Crippen LogP contribution in [-0.2, 0) is 24.9 Å².